The van der Waals surface area contributed by atoms with E-state index in [0.29, 0.717) is 0 Å². The van der Waals surface area contributed by atoms with Gasteiger partial charge in [-0.05, 0) is 12.8 Å². The first-order valence-electron chi connectivity index (χ1n) is 5.83. The summed E-state index contributed by atoms with van der Waals surface area (Å²) < 4.78 is 7.17. The van der Waals surface area contributed by atoms with Crippen LogP contribution in [-0.2, 0) is 17.7 Å². The second kappa shape index (κ2) is 9.65. The van der Waals surface area contributed by atoms with E-state index >= 15 is 0 Å². The van der Waals surface area contributed by atoms with Crippen molar-refractivity contribution >= 4 is 0 Å². The Morgan fingerprint density at radius 3 is 2.53 bits per heavy atom. The molecule has 0 amide bonds. The Balaban J connectivity index is 0.000000921. The predicted octanol–water partition coefficient (Wildman–Crippen LogP) is 2.29. The second-order valence-electron chi connectivity index (χ2n) is 2.94. The van der Waals surface area contributed by atoms with Crippen molar-refractivity contribution in [2.24, 2.45) is 0 Å². The fourth-order valence-electron chi connectivity index (χ4n) is 1.01. The molecule has 88 valence electrons. The van der Waals surface area contributed by atoms with Gasteiger partial charge in [-0.1, -0.05) is 32.9 Å². The molecule has 0 saturated carbocycles. The molecule has 0 aliphatic rings. The maximum atomic E-state index is 5.34. The number of ether oxygens (including phenoxy) is 1. The van der Waals surface area contributed by atoms with Gasteiger partial charge in [-0.15, -0.1) is 5.10 Å². The van der Waals surface area contributed by atoms with Crippen molar-refractivity contribution in [3.63, 3.8) is 0 Å². The molecular weight excluding hydrogens is 190 g/mol. The van der Waals surface area contributed by atoms with Crippen LogP contribution in [0.15, 0.2) is 6.20 Å². The minimum Gasteiger partial charge on any atom is -0.380 e. The van der Waals surface area contributed by atoms with E-state index in [2.05, 4.69) is 24.2 Å². The third-order valence-corrected chi connectivity index (χ3v) is 1.76. The van der Waals surface area contributed by atoms with E-state index in [1.807, 2.05) is 24.7 Å². The standard InChI is InChI=1S/C9H17N3O.C2H6/c1-3-6-13-7-5-12-8-9(4-2)10-11-12;1-2/h8H,3-7H2,1-2H3;1-2H3. The molecule has 0 aliphatic heterocycles. The van der Waals surface area contributed by atoms with E-state index < -0.39 is 0 Å². The monoisotopic (exact) mass is 213 g/mol. The van der Waals surface area contributed by atoms with Gasteiger partial charge in [0.15, 0.2) is 0 Å². The van der Waals surface area contributed by atoms with Gasteiger partial charge in [0.05, 0.1) is 18.8 Å². The summed E-state index contributed by atoms with van der Waals surface area (Å²) in [7, 11) is 0. The number of hydrogen-bond acceptors (Lipinski definition) is 3. The van der Waals surface area contributed by atoms with Gasteiger partial charge in [0.25, 0.3) is 0 Å². The Kier molecular flexibility index (Phi) is 9.07. The molecule has 0 saturated heterocycles. The molecule has 0 radical (unpaired) electrons. The third-order valence-electron chi connectivity index (χ3n) is 1.76. The van der Waals surface area contributed by atoms with Crippen LogP contribution in [0.5, 0.6) is 0 Å². The summed E-state index contributed by atoms with van der Waals surface area (Å²) in [5.74, 6) is 0. The average molecular weight is 213 g/mol. The summed E-state index contributed by atoms with van der Waals surface area (Å²) in [6.07, 6.45) is 3.97. The van der Waals surface area contributed by atoms with Crippen molar-refractivity contribution in [3.05, 3.63) is 11.9 Å². The maximum Gasteiger partial charge on any atom is 0.0824 e. The lowest BCUT2D eigenvalue weighted by Gasteiger charge is -2.00. The van der Waals surface area contributed by atoms with Crippen LogP contribution in [0.2, 0.25) is 0 Å². The molecule has 4 nitrogen and oxygen atoms in total. The van der Waals surface area contributed by atoms with Crippen LogP contribution in [0.4, 0.5) is 0 Å². The highest BCUT2D eigenvalue weighted by Crippen LogP contribution is 1.93. The zero-order valence-corrected chi connectivity index (χ0v) is 10.4. The van der Waals surface area contributed by atoms with E-state index in [1.165, 1.54) is 0 Å². The number of aryl methyl sites for hydroxylation is 1. The van der Waals surface area contributed by atoms with E-state index in [9.17, 15) is 0 Å². The fraction of sp³-hybridized carbons (Fsp3) is 0.818. The Morgan fingerprint density at radius 2 is 2.00 bits per heavy atom. The van der Waals surface area contributed by atoms with Crippen molar-refractivity contribution in [2.75, 3.05) is 13.2 Å². The third kappa shape index (κ3) is 6.23. The normalized spacial score (nSPS) is 9.60. The van der Waals surface area contributed by atoms with E-state index in [0.717, 1.165) is 38.3 Å². The quantitative estimate of drug-likeness (QED) is 0.681. The van der Waals surface area contributed by atoms with Crippen LogP contribution in [0, 0.1) is 0 Å². The minimum atomic E-state index is 0.723. The fourth-order valence-corrected chi connectivity index (χ4v) is 1.01. The molecule has 15 heavy (non-hydrogen) atoms. The Labute approximate surface area is 92.6 Å². The summed E-state index contributed by atoms with van der Waals surface area (Å²) in [5, 5.41) is 7.96. The smallest absolute Gasteiger partial charge is 0.0824 e. The van der Waals surface area contributed by atoms with Crippen molar-refractivity contribution in [2.45, 2.75) is 47.1 Å². The highest BCUT2D eigenvalue weighted by molar-refractivity contribution is 4.90. The van der Waals surface area contributed by atoms with Gasteiger partial charge < -0.3 is 4.74 Å². The zero-order chi connectivity index (χ0) is 11.5. The molecule has 0 bridgehead atoms. The first-order valence-corrected chi connectivity index (χ1v) is 5.83. The van der Waals surface area contributed by atoms with Gasteiger partial charge in [0.2, 0.25) is 0 Å². The maximum absolute atomic E-state index is 5.34. The molecule has 1 heterocycles. The largest absolute Gasteiger partial charge is 0.380 e. The lowest BCUT2D eigenvalue weighted by Crippen LogP contribution is -2.06. The molecule has 1 rings (SSSR count). The summed E-state index contributed by atoms with van der Waals surface area (Å²) >= 11 is 0. The number of rotatable bonds is 6. The number of hydrogen-bond donors (Lipinski definition) is 0. The molecule has 4 heteroatoms. The van der Waals surface area contributed by atoms with Crippen molar-refractivity contribution in [3.8, 4) is 0 Å². The van der Waals surface area contributed by atoms with Crippen molar-refractivity contribution in [1.29, 1.82) is 0 Å². The van der Waals surface area contributed by atoms with E-state index in [1.54, 1.807) is 0 Å². The topological polar surface area (TPSA) is 39.9 Å². The summed E-state index contributed by atoms with van der Waals surface area (Å²) in [6, 6.07) is 0. The Hall–Kier alpha value is -0.900. The summed E-state index contributed by atoms with van der Waals surface area (Å²) in [5.41, 5.74) is 1.04. The SMILES string of the molecule is CC.CCCOCCn1cc(CC)nn1. The second-order valence-corrected chi connectivity index (χ2v) is 2.94. The van der Waals surface area contributed by atoms with Crippen molar-refractivity contribution < 1.29 is 4.74 Å². The van der Waals surface area contributed by atoms with Gasteiger partial charge >= 0.3 is 0 Å². The predicted molar refractivity (Wildman–Crippen MR) is 61.9 cm³/mol. The van der Waals surface area contributed by atoms with Crippen LogP contribution in [0.3, 0.4) is 0 Å². The molecule has 0 aliphatic carbocycles. The summed E-state index contributed by atoms with van der Waals surface area (Å²) in [6.45, 7) is 10.5. The molecule has 0 N–H and O–H groups in total. The van der Waals surface area contributed by atoms with E-state index in [-0.39, 0.29) is 0 Å². The highest BCUT2D eigenvalue weighted by Gasteiger charge is 1.96. The van der Waals surface area contributed by atoms with Gasteiger partial charge in [0.1, 0.15) is 0 Å². The molecule has 0 spiro atoms. The lowest BCUT2D eigenvalue weighted by molar-refractivity contribution is 0.124. The average Bonchev–Trinajstić information content (AvgIpc) is 2.75. The van der Waals surface area contributed by atoms with Gasteiger partial charge in [0, 0.05) is 12.8 Å². The molecule has 0 aromatic carbocycles. The molecular formula is C11H23N3O. The molecule has 0 atom stereocenters. The summed E-state index contributed by atoms with van der Waals surface area (Å²) in [4.78, 5) is 0. The minimum absolute atomic E-state index is 0.723. The van der Waals surface area contributed by atoms with Crippen LogP contribution in [-0.4, -0.2) is 28.2 Å². The van der Waals surface area contributed by atoms with Crippen LogP contribution < -0.4 is 0 Å². The van der Waals surface area contributed by atoms with Crippen LogP contribution in [0.1, 0.15) is 39.8 Å². The Bertz CT molecular complexity index is 235. The highest BCUT2D eigenvalue weighted by atomic mass is 16.5. The molecule has 0 unspecified atom stereocenters. The first-order chi connectivity index (χ1) is 7.36. The molecule has 1 aromatic heterocycles. The zero-order valence-electron chi connectivity index (χ0n) is 10.4. The number of nitrogens with zero attached hydrogens (tertiary/aromatic N) is 3. The van der Waals surface area contributed by atoms with Gasteiger partial charge in [-0.2, -0.15) is 0 Å². The van der Waals surface area contributed by atoms with E-state index in [4.69, 9.17) is 4.74 Å². The first kappa shape index (κ1) is 14.1. The van der Waals surface area contributed by atoms with Crippen LogP contribution in [0.25, 0.3) is 0 Å². The lowest BCUT2D eigenvalue weighted by atomic mass is 10.4. The molecule has 0 fully saturated rings. The van der Waals surface area contributed by atoms with Crippen LogP contribution >= 0.6 is 0 Å². The molecule has 1 aromatic rings. The van der Waals surface area contributed by atoms with Crippen molar-refractivity contribution in [1.82, 2.24) is 15.0 Å². The van der Waals surface area contributed by atoms with Gasteiger partial charge in [-0.25, -0.2) is 4.68 Å². The Morgan fingerprint density at radius 1 is 1.27 bits per heavy atom. The number of aromatic nitrogens is 3. The van der Waals surface area contributed by atoms with Gasteiger partial charge in [-0.3, -0.25) is 0 Å².